The van der Waals surface area contributed by atoms with E-state index >= 15 is 0 Å². The fourth-order valence-electron chi connectivity index (χ4n) is 1.88. The van der Waals surface area contributed by atoms with Gasteiger partial charge in [0.2, 0.25) is 0 Å². The molecule has 2 aromatic rings. The molecular formula is C16H22N4. The molecule has 2 heterocycles. The molecule has 106 valence electrons. The van der Waals surface area contributed by atoms with E-state index in [1.54, 1.807) is 6.20 Å². The minimum absolute atomic E-state index is 0.365. The van der Waals surface area contributed by atoms with Crippen molar-refractivity contribution in [3.63, 3.8) is 0 Å². The molecule has 20 heavy (non-hydrogen) atoms. The molecule has 4 nitrogen and oxygen atoms in total. The summed E-state index contributed by atoms with van der Waals surface area (Å²) < 4.78 is 0. The summed E-state index contributed by atoms with van der Waals surface area (Å²) in [6.07, 6.45) is 2.87. The quantitative estimate of drug-likeness (QED) is 0.898. The first-order valence-corrected chi connectivity index (χ1v) is 7.16. The van der Waals surface area contributed by atoms with Gasteiger partial charge in [0.1, 0.15) is 11.5 Å². The Morgan fingerprint density at radius 3 is 2.65 bits per heavy atom. The van der Waals surface area contributed by atoms with Crippen LogP contribution in [0.3, 0.4) is 0 Å². The Balaban J connectivity index is 2.43. The summed E-state index contributed by atoms with van der Waals surface area (Å²) in [4.78, 5) is 13.6. The van der Waals surface area contributed by atoms with Crippen LogP contribution in [-0.4, -0.2) is 21.5 Å². The molecule has 0 bridgehead atoms. The van der Waals surface area contributed by atoms with Gasteiger partial charge in [-0.1, -0.05) is 20.8 Å². The summed E-state index contributed by atoms with van der Waals surface area (Å²) >= 11 is 0. The Labute approximate surface area is 120 Å². The zero-order valence-corrected chi connectivity index (χ0v) is 12.6. The van der Waals surface area contributed by atoms with Crippen LogP contribution in [0.15, 0.2) is 24.4 Å². The predicted octanol–water partition coefficient (Wildman–Crippen LogP) is 3.79. The third kappa shape index (κ3) is 3.53. The highest BCUT2D eigenvalue weighted by atomic mass is 15.0. The van der Waals surface area contributed by atoms with Crippen molar-refractivity contribution in [2.24, 2.45) is 0 Å². The molecule has 0 radical (unpaired) electrons. The van der Waals surface area contributed by atoms with Crippen molar-refractivity contribution in [2.75, 3.05) is 11.9 Å². The molecule has 0 aliphatic rings. The van der Waals surface area contributed by atoms with Crippen LogP contribution >= 0.6 is 0 Å². The summed E-state index contributed by atoms with van der Waals surface area (Å²) in [5, 5.41) is 3.34. The van der Waals surface area contributed by atoms with Crippen LogP contribution in [0.1, 0.15) is 44.4 Å². The van der Waals surface area contributed by atoms with E-state index in [0.717, 1.165) is 35.7 Å². The molecule has 0 spiro atoms. The van der Waals surface area contributed by atoms with E-state index in [4.69, 9.17) is 0 Å². The number of aromatic nitrogens is 3. The number of hydrogen-bond acceptors (Lipinski definition) is 4. The van der Waals surface area contributed by atoms with E-state index in [9.17, 15) is 0 Å². The van der Waals surface area contributed by atoms with Crippen molar-refractivity contribution in [1.29, 1.82) is 0 Å². The molecule has 2 rings (SSSR count). The molecule has 2 aromatic heterocycles. The molecule has 0 aliphatic heterocycles. The fraction of sp³-hybridized carbons (Fsp3) is 0.438. The summed E-state index contributed by atoms with van der Waals surface area (Å²) in [6, 6.07) is 6.02. The fourth-order valence-corrected chi connectivity index (χ4v) is 1.88. The van der Waals surface area contributed by atoms with Crippen molar-refractivity contribution in [3.05, 3.63) is 35.7 Å². The van der Waals surface area contributed by atoms with Gasteiger partial charge >= 0.3 is 0 Å². The molecule has 0 aliphatic carbocycles. The van der Waals surface area contributed by atoms with Gasteiger partial charge in [-0.3, -0.25) is 4.98 Å². The van der Waals surface area contributed by atoms with Crippen LogP contribution in [0.2, 0.25) is 0 Å². The second kappa shape index (κ2) is 6.46. The highest BCUT2D eigenvalue weighted by Gasteiger charge is 2.10. The number of pyridine rings is 1. The molecule has 0 atom stereocenters. The van der Waals surface area contributed by atoms with Gasteiger partial charge in [-0.05, 0) is 37.0 Å². The van der Waals surface area contributed by atoms with E-state index in [2.05, 4.69) is 41.0 Å². The third-order valence-corrected chi connectivity index (χ3v) is 3.04. The average molecular weight is 270 g/mol. The van der Waals surface area contributed by atoms with E-state index in [0.29, 0.717) is 11.7 Å². The van der Waals surface area contributed by atoms with Crippen molar-refractivity contribution < 1.29 is 0 Å². The standard InChI is InChI=1S/C16H22N4/c1-5-7-18-15-10-13(11(2)3)19-16(20-15)14-9-12(4)6-8-17-14/h6,8-11H,5,7H2,1-4H3,(H,18,19,20). The lowest BCUT2D eigenvalue weighted by Crippen LogP contribution is -2.06. The lowest BCUT2D eigenvalue weighted by molar-refractivity contribution is 0.814. The van der Waals surface area contributed by atoms with Crippen LogP contribution in [0.5, 0.6) is 0 Å². The normalized spacial score (nSPS) is 10.8. The molecule has 0 saturated carbocycles. The highest BCUT2D eigenvalue weighted by molar-refractivity contribution is 5.54. The largest absolute Gasteiger partial charge is 0.370 e. The van der Waals surface area contributed by atoms with Crippen LogP contribution in [0, 0.1) is 6.92 Å². The van der Waals surface area contributed by atoms with Gasteiger partial charge in [0, 0.05) is 24.5 Å². The third-order valence-electron chi connectivity index (χ3n) is 3.04. The summed E-state index contributed by atoms with van der Waals surface area (Å²) in [6.45, 7) is 9.38. The second-order valence-electron chi connectivity index (χ2n) is 5.30. The molecule has 1 N–H and O–H groups in total. The average Bonchev–Trinajstić information content (AvgIpc) is 2.44. The number of nitrogens with zero attached hydrogens (tertiary/aromatic N) is 3. The first kappa shape index (κ1) is 14.4. The van der Waals surface area contributed by atoms with Gasteiger partial charge < -0.3 is 5.32 Å². The maximum atomic E-state index is 4.64. The smallest absolute Gasteiger partial charge is 0.180 e. The minimum atomic E-state index is 0.365. The Kier molecular flexibility index (Phi) is 4.66. The molecule has 0 amide bonds. The van der Waals surface area contributed by atoms with Crippen molar-refractivity contribution in [1.82, 2.24) is 15.0 Å². The van der Waals surface area contributed by atoms with Gasteiger partial charge in [-0.25, -0.2) is 9.97 Å². The lowest BCUT2D eigenvalue weighted by Gasteiger charge is -2.11. The summed E-state index contributed by atoms with van der Waals surface area (Å²) in [5.41, 5.74) is 3.03. The number of aryl methyl sites for hydroxylation is 1. The number of hydrogen-bond donors (Lipinski definition) is 1. The number of anilines is 1. The van der Waals surface area contributed by atoms with E-state index in [1.807, 2.05) is 25.1 Å². The van der Waals surface area contributed by atoms with Crippen molar-refractivity contribution in [2.45, 2.75) is 40.0 Å². The molecule has 4 heteroatoms. The van der Waals surface area contributed by atoms with E-state index in [1.165, 1.54) is 0 Å². The van der Waals surface area contributed by atoms with Gasteiger partial charge in [-0.15, -0.1) is 0 Å². The zero-order chi connectivity index (χ0) is 14.5. The first-order chi connectivity index (χ1) is 9.60. The lowest BCUT2D eigenvalue weighted by atomic mass is 10.1. The summed E-state index contributed by atoms with van der Waals surface area (Å²) in [7, 11) is 0. The number of nitrogens with one attached hydrogen (secondary N) is 1. The molecular weight excluding hydrogens is 248 g/mol. The highest BCUT2D eigenvalue weighted by Crippen LogP contribution is 2.21. The van der Waals surface area contributed by atoms with Gasteiger partial charge in [0.15, 0.2) is 5.82 Å². The number of rotatable bonds is 5. The van der Waals surface area contributed by atoms with Gasteiger partial charge in [-0.2, -0.15) is 0 Å². The van der Waals surface area contributed by atoms with E-state index in [-0.39, 0.29) is 0 Å². The Morgan fingerprint density at radius 1 is 1.20 bits per heavy atom. The predicted molar refractivity (Wildman–Crippen MR) is 82.9 cm³/mol. The molecule has 0 unspecified atom stereocenters. The van der Waals surface area contributed by atoms with Crippen LogP contribution < -0.4 is 5.32 Å². The monoisotopic (exact) mass is 270 g/mol. The molecule has 0 saturated heterocycles. The van der Waals surface area contributed by atoms with Crippen LogP contribution in [0.25, 0.3) is 11.5 Å². The Morgan fingerprint density at radius 2 is 2.00 bits per heavy atom. The Hall–Kier alpha value is -1.97. The summed E-state index contributed by atoms with van der Waals surface area (Å²) in [5.74, 6) is 1.94. The second-order valence-corrected chi connectivity index (χ2v) is 5.30. The maximum absolute atomic E-state index is 4.64. The minimum Gasteiger partial charge on any atom is -0.370 e. The van der Waals surface area contributed by atoms with Crippen LogP contribution in [0.4, 0.5) is 5.82 Å². The molecule has 0 fully saturated rings. The Bertz CT molecular complexity index is 578. The van der Waals surface area contributed by atoms with Gasteiger partial charge in [0.25, 0.3) is 0 Å². The van der Waals surface area contributed by atoms with Crippen molar-refractivity contribution >= 4 is 5.82 Å². The topological polar surface area (TPSA) is 50.7 Å². The first-order valence-electron chi connectivity index (χ1n) is 7.16. The zero-order valence-electron chi connectivity index (χ0n) is 12.6. The van der Waals surface area contributed by atoms with E-state index < -0.39 is 0 Å². The van der Waals surface area contributed by atoms with Crippen LogP contribution in [-0.2, 0) is 0 Å². The van der Waals surface area contributed by atoms with Gasteiger partial charge in [0.05, 0.1) is 0 Å². The van der Waals surface area contributed by atoms with Crippen molar-refractivity contribution in [3.8, 4) is 11.5 Å². The molecule has 0 aromatic carbocycles. The SMILES string of the molecule is CCCNc1cc(C(C)C)nc(-c2cc(C)ccn2)n1. The maximum Gasteiger partial charge on any atom is 0.180 e.